The highest BCUT2D eigenvalue weighted by atomic mass is 16.6. The van der Waals surface area contributed by atoms with Crippen LogP contribution in [0, 0.1) is 36.5 Å². The lowest BCUT2D eigenvalue weighted by molar-refractivity contribution is -0.265. The molecule has 2 aromatic heterocycles. The number of piperazine rings is 2. The number of cyclic esters (lactones) is 1. The zero-order valence-corrected chi connectivity index (χ0v) is 59.8. The largest absolute Gasteiger partial charge is 0.459 e. The number of hydrogen-bond donors (Lipinski definition) is 5. The molecule has 1 aliphatic carbocycles. The third-order valence-corrected chi connectivity index (χ3v) is 20.7. The Kier molecular flexibility index (Phi) is 29.9. The average molecular weight is 1380 g/mol. The lowest BCUT2D eigenvalue weighted by Gasteiger charge is -2.42. The first kappa shape index (κ1) is 78.1. The number of aliphatic hydroxyl groups excluding tert-OH is 2. The van der Waals surface area contributed by atoms with E-state index in [0.29, 0.717) is 134 Å². The van der Waals surface area contributed by atoms with E-state index in [9.17, 15) is 44.1 Å². The van der Waals surface area contributed by atoms with Gasteiger partial charge < -0.3 is 74.4 Å². The van der Waals surface area contributed by atoms with Gasteiger partial charge in [0.15, 0.2) is 5.78 Å². The van der Waals surface area contributed by atoms with Gasteiger partial charge in [0.25, 0.3) is 11.7 Å². The number of aromatic nitrogens is 4. The molecule has 15 atom stereocenters. The van der Waals surface area contributed by atoms with Crippen molar-refractivity contribution in [3.8, 4) is 0 Å². The molecule has 0 radical (unpaired) electrons. The Bertz CT molecular complexity index is 3080. The number of carbonyl (C=O) groups is 6. The van der Waals surface area contributed by atoms with Gasteiger partial charge >= 0.3 is 12.1 Å². The van der Waals surface area contributed by atoms with Gasteiger partial charge in [0.05, 0.1) is 37.9 Å². The Balaban J connectivity index is 0.832. The summed E-state index contributed by atoms with van der Waals surface area (Å²) >= 11 is 0. The molecule has 1 saturated carbocycles. The van der Waals surface area contributed by atoms with Gasteiger partial charge in [-0.3, -0.25) is 24.1 Å². The van der Waals surface area contributed by atoms with E-state index in [1.54, 1.807) is 53.5 Å². The monoisotopic (exact) mass is 1380 g/mol. The molecule has 2 bridgehead atoms. The number of carbonyl (C=O) groups excluding carboxylic acids is 6. The fourth-order valence-electron chi connectivity index (χ4n) is 14.4. The highest BCUT2D eigenvalue weighted by Crippen LogP contribution is 2.38. The number of fused-ring (bicyclic) bond motifs is 3. The van der Waals surface area contributed by atoms with E-state index < -0.39 is 102 Å². The normalized spacial score (nSPS) is 31.7. The number of alkyl carbamates (subject to hydrolysis) is 1. The van der Waals surface area contributed by atoms with Crippen LogP contribution in [0.1, 0.15) is 143 Å². The third kappa shape index (κ3) is 22.2. The smallest absolute Gasteiger partial charge is 0.407 e. The van der Waals surface area contributed by atoms with E-state index in [-0.39, 0.29) is 49.6 Å². The van der Waals surface area contributed by atoms with Crippen LogP contribution in [0.3, 0.4) is 0 Å². The lowest BCUT2D eigenvalue weighted by Crippen LogP contribution is -2.61. The Hall–Kier alpha value is -6.62. The van der Waals surface area contributed by atoms with Gasteiger partial charge in [0, 0.05) is 141 Å². The molecule has 5 fully saturated rings. The van der Waals surface area contributed by atoms with Crippen molar-refractivity contribution in [2.45, 2.75) is 206 Å². The molecule has 4 saturated heterocycles. The van der Waals surface area contributed by atoms with Crippen LogP contribution in [0.25, 0.3) is 0 Å². The number of piperidine rings is 1. The number of rotatable bonds is 16. The van der Waals surface area contributed by atoms with E-state index >= 15 is 0 Å². The number of nitrogens with zero attached hydrogens (tertiary/aromatic N) is 9. The topological polar surface area (TPSA) is 324 Å². The van der Waals surface area contributed by atoms with Gasteiger partial charge in [-0.1, -0.05) is 64.2 Å². The number of esters is 1. The molecular weight excluding hydrogens is 1270 g/mol. The van der Waals surface area contributed by atoms with Crippen molar-refractivity contribution in [2.75, 3.05) is 103 Å². The highest BCUT2D eigenvalue weighted by Gasteiger charge is 2.53. The SMILES string of the molecule is CO[C@H]1C[C@@H]2CC[C@@H](C)[C@@](O)(O2)C(=O)C(=O)N2CCCC[C@H]2C(=O)O[C@H]([C@H](N)C[C@@H]2CC[C@@H](OC(=O)NCc3cnc(N4CCN(C(=O)CCOCCN5CCN(c6ncc(C)cn6)CC5)CC4)nc3)[C@H](OC)C2)CC[C@H](C)/C=C(\C)[C@@H](O)[C@@H](O)C(=O)[C@H](C)C[C@H](C)/C=C/C=CC=C1C. The number of nitrogens with two attached hydrogens (primary N) is 1. The summed E-state index contributed by atoms with van der Waals surface area (Å²) in [4.78, 5) is 111. The van der Waals surface area contributed by atoms with E-state index in [0.717, 1.165) is 49.8 Å². The number of aliphatic hydroxyl groups is 3. The van der Waals surface area contributed by atoms with Crippen LogP contribution in [0.15, 0.2) is 72.4 Å². The van der Waals surface area contributed by atoms with Crippen molar-refractivity contribution in [3.05, 3.63) is 83.5 Å². The molecule has 548 valence electrons. The molecule has 3 amide bonds. The Morgan fingerprint density at radius 3 is 2.10 bits per heavy atom. The molecule has 7 heterocycles. The van der Waals surface area contributed by atoms with Crippen LogP contribution in [-0.2, 0) is 58.9 Å². The number of nitrogens with one attached hydrogen (secondary N) is 1. The molecule has 0 aromatic carbocycles. The molecule has 26 heteroatoms. The van der Waals surface area contributed by atoms with E-state index in [2.05, 4.69) is 35.1 Å². The van der Waals surface area contributed by atoms with Crippen molar-refractivity contribution in [1.29, 1.82) is 0 Å². The minimum atomic E-state index is -2.46. The summed E-state index contributed by atoms with van der Waals surface area (Å²) in [6, 6.07) is -1.89. The summed E-state index contributed by atoms with van der Waals surface area (Å²) in [5.41, 5.74) is 10.1. The summed E-state index contributed by atoms with van der Waals surface area (Å²) in [5, 5.41) is 37.5. The molecule has 0 spiro atoms. The van der Waals surface area contributed by atoms with Crippen LogP contribution in [0.5, 0.6) is 0 Å². The predicted molar refractivity (Wildman–Crippen MR) is 372 cm³/mol. The van der Waals surface area contributed by atoms with Crippen molar-refractivity contribution in [1.82, 2.24) is 40.0 Å². The van der Waals surface area contributed by atoms with Gasteiger partial charge in [0.1, 0.15) is 30.5 Å². The second-order valence-corrected chi connectivity index (χ2v) is 28.4. The van der Waals surface area contributed by atoms with Gasteiger partial charge in [-0.05, 0) is 132 Å². The Morgan fingerprint density at radius 2 is 1.41 bits per heavy atom. The fourth-order valence-corrected chi connectivity index (χ4v) is 14.4. The lowest BCUT2D eigenvalue weighted by atomic mass is 9.80. The second kappa shape index (κ2) is 37.9. The van der Waals surface area contributed by atoms with E-state index in [1.165, 1.54) is 4.90 Å². The molecule has 2 aromatic rings. The molecule has 26 nitrogen and oxygen atoms in total. The third-order valence-electron chi connectivity index (χ3n) is 20.7. The molecule has 6 N–H and O–H groups in total. The zero-order valence-electron chi connectivity index (χ0n) is 59.8. The summed E-state index contributed by atoms with van der Waals surface area (Å²) in [6.07, 6.45) is 17.3. The number of methoxy groups -OCH3 is 2. The Morgan fingerprint density at radius 1 is 0.727 bits per heavy atom. The molecule has 99 heavy (non-hydrogen) atoms. The fraction of sp³-hybridized carbons (Fsp3) is 0.699. The molecule has 0 unspecified atom stereocenters. The maximum atomic E-state index is 14.7. The maximum absolute atomic E-state index is 14.7. The first-order chi connectivity index (χ1) is 47.4. The number of Topliss-reactive ketones (excluding diaryl/α,β-unsaturated/α-hetero) is 2. The van der Waals surface area contributed by atoms with Crippen LogP contribution in [0.2, 0.25) is 0 Å². The van der Waals surface area contributed by atoms with Gasteiger partial charge in [-0.25, -0.2) is 29.5 Å². The average Bonchev–Trinajstić information content (AvgIpc) is 1.63. The zero-order chi connectivity index (χ0) is 71.3. The number of hydrogen-bond acceptors (Lipinski definition) is 23. The number of ketones is 2. The minimum Gasteiger partial charge on any atom is -0.459 e. The van der Waals surface area contributed by atoms with Crippen molar-refractivity contribution in [3.63, 3.8) is 0 Å². The summed E-state index contributed by atoms with van der Waals surface area (Å²) in [5.74, 6) is -6.12. The van der Waals surface area contributed by atoms with Gasteiger partial charge in [-0.2, -0.15) is 0 Å². The summed E-state index contributed by atoms with van der Waals surface area (Å²) in [6.45, 7) is 20.5. The second-order valence-electron chi connectivity index (χ2n) is 28.4. The van der Waals surface area contributed by atoms with Crippen molar-refractivity contribution < 1.29 is 72.5 Å². The first-order valence-electron chi connectivity index (χ1n) is 35.9. The maximum Gasteiger partial charge on any atom is 0.407 e. The minimum absolute atomic E-state index is 0.0322. The number of aryl methyl sites for hydroxylation is 1. The summed E-state index contributed by atoms with van der Waals surface area (Å²) < 4.78 is 36.2. The van der Waals surface area contributed by atoms with E-state index in [4.69, 9.17) is 34.2 Å². The quantitative estimate of drug-likeness (QED) is 0.0579. The Labute approximate surface area is 584 Å². The molecule has 8 rings (SSSR count). The standard InChI is InChI=1S/C73H111N11O15/c1-47-15-11-10-12-16-50(4)61(94-8)41-56-21-19-53(7)73(93,99-56)67(89)68(90)84-25-14-13-17-58(84)69(91)97-59(22-18-48(2)38-52(6)65(87)66(88)64(86)51(5)37-47)57(74)39-54-20-23-60(62(40-54)95-9)98-72(92)79-46-55-44-77-71(78-45-55)83-32-30-81(31-33-83)63(85)24-35-96-36-34-80-26-28-82(29-27-80)70-75-42-49(3)43-76-70/h10-12,15-16,38,42-45,47-48,51,53-54,56-62,65-66,87-88,93H,13-14,17-37,39-41,46,74H2,1-9H3,(H,79,92)/b12-10?,15-11+,50-16?,52-38+/t47-,48+,51-,53-,54+,56+,57-,58+,59+,60-,61+,62-,65-,66+,73-/m1/s1. The van der Waals surface area contributed by atoms with Crippen LogP contribution >= 0.6 is 0 Å². The van der Waals surface area contributed by atoms with Crippen LogP contribution in [0.4, 0.5) is 16.7 Å². The number of anilines is 2. The van der Waals surface area contributed by atoms with Crippen molar-refractivity contribution in [2.24, 2.45) is 35.3 Å². The molecule has 5 aliphatic heterocycles. The summed E-state index contributed by atoms with van der Waals surface area (Å²) in [7, 11) is 3.13. The first-order valence-corrected chi connectivity index (χ1v) is 35.9. The van der Waals surface area contributed by atoms with Crippen LogP contribution in [-0.4, -0.2) is 239 Å². The molecule has 6 aliphatic rings. The highest BCUT2D eigenvalue weighted by molar-refractivity contribution is 6.39. The number of amides is 3. The number of allylic oxidation sites excluding steroid dienone is 6. The number of ether oxygens (including phenoxy) is 6. The van der Waals surface area contributed by atoms with Gasteiger partial charge in [0.2, 0.25) is 23.6 Å². The van der Waals surface area contributed by atoms with Crippen LogP contribution < -0.4 is 20.9 Å². The van der Waals surface area contributed by atoms with Crippen molar-refractivity contribution >= 4 is 47.3 Å². The molecular formula is C73H111N11O15. The van der Waals surface area contributed by atoms with Gasteiger partial charge in [-0.15, -0.1) is 0 Å². The van der Waals surface area contributed by atoms with E-state index in [1.807, 2.05) is 80.3 Å². The predicted octanol–water partition coefficient (Wildman–Crippen LogP) is 5.74.